The summed E-state index contributed by atoms with van der Waals surface area (Å²) in [5.74, 6) is 0.216. The summed E-state index contributed by atoms with van der Waals surface area (Å²) < 4.78 is 5.10. The van der Waals surface area contributed by atoms with E-state index in [2.05, 4.69) is 0 Å². The number of phenols is 1. The van der Waals surface area contributed by atoms with Crippen LogP contribution in [0.25, 0.3) is 0 Å². The maximum Gasteiger partial charge on any atom is 0.309 e. The van der Waals surface area contributed by atoms with Gasteiger partial charge in [0.05, 0.1) is 12.5 Å². The number of esters is 1. The number of hydrogen-bond acceptors (Lipinski definition) is 3. The van der Waals surface area contributed by atoms with Crippen molar-refractivity contribution in [3.63, 3.8) is 0 Å². The molecular formula is C14H16O3. The quantitative estimate of drug-likeness (QED) is 0.795. The van der Waals surface area contributed by atoms with Crippen LogP contribution in [-0.4, -0.2) is 17.7 Å². The normalized spacial score (nSPS) is 29.1. The highest BCUT2D eigenvalue weighted by Crippen LogP contribution is 2.62. The van der Waals surface area contributed by atoms with E-state index in [9.17, 15) is 9.90 Å². The maximum atomic E-state index is 11.8. The van der Waals surface area contributed by atoms with Crippen LogP contribution in [0.15, 0.2) is 18.2 Å². The molecule has 17 heavy (non-hydrogen) atoms. The van der Waals surface area contributed by atoms with Crippen LogP contribution in [0.2, 0.25) is 0 Å². The number of carbonyl (C=O) groups is 1. The van der Waals surface area contributed by atoms with Gasteiger partial charge in [0.25, 0.3) is 0 Å². The van der Waals surface area contributed by atoms with Gasteiger partial charge in [-0.1, -0.05) is 6.07 Å². The van der Waals surface area contributed by atoms with Crippen molar-refractivity contribution in [2.24, 2.45) is 5.92 Å². The van der Waals surface area contributed by atoms with Crippen molar-refractivity contribution in [2.75, 3.05) is 6.61 Å². The molecule has 2 atom stereocenters. The van der Waals surface area contributed by atoms with Gasteiger partial charge in [0.15, 0.2) is 0 Å². The minimum atomic E-state index is -0.0799. The Morgan fingerprint density at radius 1 is 1.59 bits per heavy atom. The zero-order chi connectivity index (χ0) is 12.0. The minimum Gasteiger partial charge on any atom is -0.508 e. The van der Waals surface area contributed by atoms with E-state index in [-0.39, 0.29) is 17.3 Å². The average Bonchev–Trinajstić information content (AvgIpc) is 2.93. The van der Waals surface area contributed by atoms with E-state index in [1.807, 2.05) is 19.1 Å². The van der Waals surface area contributed by atoms with Crippen molar-refractivity contribution < 1.29 is 14.6 Å². The van der Waals surface area contributed by atoms with Crippen LogP contribution in [0, 0.1) is 5.92 Å². The van der Waals surface area contributed by atoms with Gasteiger partial charge in [0, 0.05) is 5.41 Å². The monoisotopic (exact) mass is 232 g/mol. The summed E-state index contributed by atoms with van der Waals surface area (Å²) in [6.07, 6.45) is 2.89. The van der Waals surface area contributed by atoms with Crippen LogP contribution in [-0.2, 0) is 21.4 Å². The molecule has 1 fully saturated rings. The number of ether oxygens (including phenoxy) is 1. The van der Waals surface area contributed by atoms with Gasteiger partial charge >= 0.3 is 5.97 Å². The van der Waals surface area contributed by atoms with Crippen molar-refractivity contribution in [2.45, 2.75) is 31.6 Å². The van der Waals surface area contributed by atoms with Gasteiger partial charge < -0.3 is 9.84 Å². The summed E-state index contributed by atoms with van der Waals surface area (Å²) >= 11 is 0. The van der Waals surface area contributed by atoms with Gasteiger partial charge in [-0.3, -0.25) is 4.79 Å². The Kier molecular flexibility index (Phi) is 2.18. The highest BCUT2D eigenvalue weighted by atomic mass is 16.5. The zero-order valence-electron chi connectivity index (χ0n) is 9.90. The molecule has 0 saturated heterocycles. The van der Waals surface area contributed by atoms with Crippen LogP contribution in [0.3, 0.4) is 0 Å². The highest BCUT2D eigenvalue weighted by Gasteiger charge is 2.62. The lowest BCUT2D eigenvalue weighted by Crippen LogP contribution is -2.15. The number of aryl methyl sites for hydroxylation is 1. The van der Waals surface area contributed by atoms with Gasteiger partial charge in [-0.15, -0.1) is 0 Å². The predicted molar refractivity (Wildman–Crippen MR) is 62.8 cm³/mol. The number of rotatable bonds is 2. The molecule has 1 N–H and O–H groups in total. The first-order valence-electron chi connectivity index (χ1n) is 6.16. The molecule has 1 aromatic rings. The number of benzene rings is 1. The van der Waals surface area contributed by atoms with Crippen LogP contribution >= 0.6 is 0 Å². The number of carbonyl (C=O) groups excluding carboxylic acids is 1. The van der Waals surface area contributed by atoms with Crippen LogP contribution in [0.1, 0.15) is 30.9 Å². The Labute approximate surface area is 100 Å². The lowest BCUT2D eigenvalue weighted by Gasteiger charge is -2.11. The minimum absolute atomic E-state index is 0.00509. The van der Waals surface area contributed by atoms with Crippen molar-refractivity contribution in [1.82, 2.24) is 0 Å². The fourth-order valence-electron chi connectivity index (χ4n) is 3.17. The van der Waals surface area contributed by atoms with Crippen molar-refractivity contribution in [3.8, 4) is 5.75 Å². The fraction of sp³-hybridized carbons (Fsp3) is 0.500. The van der Waals surface area contributed by atoms with Crippen LogP contribution in [0.4, 0.5) is 0 Å². The highest BCUT2D eigenvalue weighted by molar-refractivity contribution is 5.80. The second-order valence-corrected chi connectivity index (χ2v) is 5.01. The molecule has 0 aliphatic heterocycles. The van der Waals surface area contributed by atoms with E-state index in [0.29, 0.717) is 12.4 Å². The number of hydrogen-bond donors (Lipinski definition) is 1. The van der Waals surface area contributed by atoms with Crippen LogP contribution < -0.4 is 0 Å². The lowest BCUT2D eigenvalue weighted by molar-refractivity contribution is -0.145. The molecule has 2 aliphatic carbocycles. The molecular weight excluding hydrogens is 216 g/mol. The van der Waals surface area contributed by atoms with Gasteiger partial charge in [-0.25, -0.2) is 0 Å². The summed E-state index contributed by atoms with van der Waals surface area (Å²) in [6.45, 7) is 2.28. The molecule has 2 aliphatic rings. The summed E-state index contributed by atoms with van der Waals surface area (Å²) in [5.41, 5.74) is 2.41. The first kappa shape index (κ1) is 10.6. The van der Waals surface area contributed by atoms with E-state index in [1.165, 1.54) is 5.56 Å². The molecule has 90 valence electrons. The predicted octanol–water partition coefficient (Wildman–Crippen LogP) is 2.16. The zero-order valence-corrected chi connectivity index (χ0v) is 9.90. The standard InChI is InChI=1S/C14H16O3/c1-2-17-13(16)12-8-14(12)6-5-9-3-4-10(15)7-11(9)14/h3-4,7,12,15H,2,5-6,8H2,1H3/t12-,14+/m1/s1. The first-order valence-corrected chi connectivity index (χ1v) is 6.16. The molecule has 0 aromatic heterocycles. The Balaban J connectivity index is 1.90. The van der Waals surface area contributed by atoms with Gasteiger partial charge in [-0.05, 0) is 49.4 Å². The second kappa shape index (κ2) is 3.49. The molecule has 3 nitrogen and oxygen atoms in total. The van der Waals surface area contributed by atoms with E-state index in [4.69, 9.17) is 4.74 Å². The first-order chi connectivity index (χ1) is 8.17. The van der Waals surface area contributed by atoms with E-state index in [1.54, 1.807) is 6.07 Å². The van der Waals surface area contributed by atoms with Crippen molar-refractivity contribution in [3.05, 3.63) is 29.3 Å². The van der Waals surface area contributed by atoms with Crippen molar-refractivity contribution in [1.29, 1.82) is 0 Å². The Bertz CT molecular complexity index is 480. The summed E-state index contributed by atoms with van der Waals surface area (Å²) in [5, 5.41) is 9.57. The van der Waals surface area contributed by atoms with E-state index < -0.39 is 0 Å². The smallest absolute Gasteiger partial charge is 0.309 e. The van der Waals surface area contributed by atoms with Crippen LogP contribution in [0.5, 0.6) is 5.75 Å². The SMILES string of the molecule is CCOC(=O)[C@H]1C[C@]12CCc1ccc(O)cc12. The summed E-state index contributed by atoms with van der Waals surface area (Å²) in [7, 11) is 0. The maximum absolute atomic E-state index is 11.8. The van der Waals surface area contributed by atoms with E-state index in [0.717, 1.165) is 24.8 Å². The van der Waals surface area contributed by atoms with E-state index >= 15 is 0 Å². The van der Waals surface area contributed by atoms with Gasteiger partial charge in [0.2, 0.25) is 0 Å². The third-order valence-electron chi connectivity index (χ3n) is 4.12. The number of phenolic OH excluding ortho intramolecular Hbond substituents is 1. The summed E-state index contributed by atoms with van der Waals surface area (Å²) in [6, 6.07) is 5.51. The number of aromatic hydroxyl groups is 1. The Morgan fingerprint density at radius 3 is 3.18 bits per heavy atom. The molecule has 1 aromatic carbocycles. The molecule has 1 spiro atoms. The second-order valence-electron chi connectivity index (χ2n) is 5.01. The van der Waals surface area contributed by atoms with Gasteiger partial charge in [0.1, 0.15) is 5.75 Å². The molecule has 0 unspecified atom stereocenters. The Hall–Kier alpha value is -1.51. The third kappa shape index (κ3) is 1.45. The molecule has 0 bridgehead atoms. The topological polar surface area (TPSA) is 46.5 Å². The molecule has 0 heterocycles. The Morgan fingerprint density at radius 2 is 2.41 bits per heavy atom. The average molecular weight is 232 g/mol. The largest absolute Gasteiger partial charge is 0.508 e. The summed E-state index contributed by atoms with van der Waals surface area (Å²) in [4.78, 5) is 11.8. The molecule has 3 rings (SSSR count). The molecule has 3 heteroatoms. The third-order valence-corrected chi connectivity index (χ3v) is 4.12. The lowest BCUT2D eigenvalue weighted by atomic mass is 9.95. The van der Waals surface area contributed by atoms with Gasteiger partial charge in [-0.2, -0.15) is 0 Å². The fourth-order valence-corrected chi connectivity index (χ4v) is 3.17. The van der Waals surface area contributed by atoms with Crippen molar-refractivity contribution >= 4 is 5.97 Å². The molecule has 1 saturated carbocycles. The number of fused-ring (bicyclic) bond motifs is 2. The molecule has 0 amide bonds. The molecule has 0 radical (unpaired) electrons.